The van der Waals surface area contributed by atoms with Crippen molar-refractivity contribution in [2.24, 2.45) is 0 Å². The maximum Gasteiger partial charge on any atom is 0.135 e. The minimum absolute atomic E-state index is 0.0406. The van der Waals surface area contributed by atoms with Gasteiger partial charge in [0.2, 0.25) is 0 Å². The zero-order chi connectivity index (χ0) is 43.7. The van der Waals surface area contributed by atoms with Gasteiger partial charge in [-0.2, -0.15) is 0 Å². The summed E-state index contributed by atoms with van der Waals surface area (Å²) in [4.78, 5) is 0. The number of hydrogen-bond donors (Lipinski definition) is 0. The van der Waals surface area contributed by atoms with Crippen molar-refractivity contribution >= 4 is 92.3 Å². The Kier molecular flexibility index (Phi) is 7.62. The second-order valence-corrected chi connectivity index (χ2v) is 18.2. The fraction of sp³-hybridized carbons (Fsp3) is 0.0312. The topological polar surface area (TPSA) is 19.1 Å². The fourth-order valence-corrected chi connectivity index (χ4v) is 12.1. The molecule has 1 aliphatic heterocycles. The standard InChI is InChI=1S/C64H40N2O/c1-5-26-48-44(22-1)60(45-23-2-6-27-49(45)62(48)65-55-32-13-9-18-40(55)41-19-10-14-33-56(41)65)39-36-37-59-54(38-39)52-30-17-31-53(64(52)67-59)61-46-24-3-7-28-50(46)63(51-29-8-4-25-47(51)61)66-57-34-15-11-20-42(57)43-21-12-16-35-58(43)66/h1-38,52,64H. The third kappa shape index (κ3) is 5.06. The molecule has 3 nitrogen and oxygen atoms in total. The molecule has 3 heterocycles. The molecule has 2 aromatic heterocycles. The second-order valence-electron chi connectivity index (χ2n) is 18.2. The smallest absolute Gasteiger partial charge is 0.135 e. The van der Waals surface area contributed by atoms with Gasteiger partial charge in [-0.05, 0) is 74.6 Å². The summed E-state index contributed by atoms with van der Waals surface area (Å²) >= 11 is 0. The highest BCUT2D eigenvalue weighted by Gasteiger charge is 2.39. The van der Waals surface area contributed by atoms with Crippen LogP contribution in [0.15, 0.2) is 231 Å². The van der Waals surface area contributed by atoms with Crippen molar-refractivity contribution in [2.45, 2.75) is 12.0 Å². The van der Waals surface area contributed by atoms with Crippen molar-refractivity contribution in [3.63, 3.8) is 0 Å². The van der Waals surface area contributed by atoms with Gasteiger partial charge in [0.1, 0.15) is 11.9 Å². The summed E-state index contributed by atoms with van der Waals surface area (Å²) in [6.07, 6.45) is 6.73. The van der Waals surface area contributed by atoms with Crippen LogP contribution in [0.1, 0.15) is 17.0 Å². The van der Waals surface area contributed by atoms with Gasteiger partial charge in [0.25, 0.3) is 0 Å². The third-order valence-electron chi connectivity index (χ3n) is 14.8. The molecule has 0 amide bonds. The Hall–Kier alpha value is -8.66. The van der Waals surface area contributed by atoms with E-state index in [1.165, 1.54) is 126 Å². The molecule has 11 aromatic carbocycles. The molecule has 0 N–H and O–H groups in total. The zero-order valence-corrected chi connectivity index (χ0v) is 36.4. The molecular weight excluding hydrogens is 813 g/mol. The molecule has 0 bridgehead atoms. The summed E-state index contributed by atoms with van der Waals surface area (Å²) in [5, 5.41) is 14.8. The molecule has 2 atom stereocenters. The van der Waals surface area contributed by atoms with E-state index >= 15 is 0 Å². The quantitative estimate of drug-likeness (QED) is 0.161. The van der Waals surface area contributed by atoms with E-state index in [0.29, 0.717) is 0 Å². The van der Waals surface area contributed by atoms with Crippen molar-refractivity contribution in [3.05, 3.63) is 242 Å². The Balaban J connectivity index is 0.906. The first-order valence-corrected chi connectivity index (χ1v) is 23.3. The summed E-state index contributed by atoms with van der Waals surface area (Å²) in [7, 11) is 0. The van der Waals surface area contributed by atoms with E-state index in [9.17, 15) is 0 Å². The van der Waals surface area contributed by atoms with E-state index in [1.54, 1.807) is 0 Å². The molecule has 0 fully saturated rings. The van der Waals surface area contributed by atoms with Crippen LogP contribution in [0.3, 0.4) is 0 Å². The van der Waals surface area contributed by atoms with E-state index < -0.39 is 0 Å². The SMILES string of the molecule is C1=CC2c3cc(-c4c5ccccc5c(-n5c6ccccc6c6ccccc65)c5ccccc45)ccc3OC2C(c2c3ccccc3c(-n3c4ccccc4c4ccccc43)c3ccccc23)=C1. The number of nitrogens with zero attached hydrogens (tertiary/aromatic N) is 2. The first-order valence-electron chi connectivity index (χ1n) is 23.3. The lowest BCUT2D eigenvalue weighted by Crippen LogP contribution is -2.22. The summed E-state index contributed by atoms with van der Waals surface area (Å²) in [6, 6.07) is 78.1. The van der Waals surface area contributed by atoms with E-state index in [2.05, 4.69) is 240 Å². The fourth-order valence-electron chi connectivity index (χ4n) is 12.1. The van der Waals surface area contributed by atoms with Gasteiger partial charge < -0.3 is 13.9 Å². The number of benzene rings is 11. The second kappa shape index (κ2) is 13.9. The van der Waals surface area contributed by atoms with Gasteiger partial charge in [0.05, 0.1) is 33.4 Å². The van der Waals surface area contributed by atoms with Crippen molar-refractivity contribution in [1.82, 2.24) is 9.13 Å². The molecule has 1 aliphatic carbocycles. The lowest BCUT2D eigenvalue weighted by Gasteiger charge is -2.26. The normalized spacial score (nSPS) is 15.6. The molecule has 0 radical (unpaired) electrons. The number of allylic oxidation sites excluding steroid dienone is 2. The van der Waals surface area contributed by atoms with Crippen LogP contribution in [-0.4, -0.2) is 15.2 Å². The van der Waals surface area contributed by atoms with Crippen LogP contribution in [0.2, 0.25) is 0 Å². The van der Waals surface area contributed by atoms with Gasteiger partial charge in [-0.3, -0.25) is 0 Å². The minimum atomic E-state index is -0.188. The number of para-hydroxylation sites is 4. The molecule has 15 rings (SSSR count). The van der Waals surface area contributed by atoms with Crippen molar-refractivity contribution in [3.8, 4) is 28.3 Å². The average molecular weight is 853 g/mol. The summed E-state index contributed by atoms with van der Waals surface area (Å²) in [5.74, 6) is 0.987. The zero-order valence-electron chi connectivity index (χ0n) is 36.4. The van der Waals surface area contributed by atoms with E-state index in [-0.39, 0.29) is 12.0 Å². The maximum atomic E-state index is 7.18. The highest BCUT2D eigenvalue weighted by atomic mass is 16.5. The lowest BCUT2D eigenvalue weighted by molar-refractivity contribution is 0.278. The molecule has 2 aliphatic rings. The molecular formula is C64H40N2O. The highest BCUT2D eigenvalue weighted by Crippen LogP contribution is 2.52. The van der Waals surface area contributed by atoms with Gasteiger partial charge >= 0.3 is 0 Å². The first-order chi connectivity index (χ1) is 33.3. The number of hydrogen-bond acceptors (Lipinski definition) is 1. The van der Waals surface area contributed by atoms with Crippen LogP contribution in [-0.2, 0) is 0 Å². The van der Waals surface area contributed by atoms with Crippen LogP contribution in [0.25, 0.3) is 115 Å². The Labute approximate surface area is 386 Å². The molecule has 0 spiro atoms. The predicted molar refractivity (Wildman–Crippen MR) is 281 cm³/mol. The van der Waals surface area contributed by atoms with Gasteiger partial charge in [-0.1, -0.05) is 194 Å². The summed E-state index contributed by atoms with van der Waals surface area (Å²) < 4.78 is 12.2. The number of ether oxygens (including phenoxy) is 1. The van der Waals surface area contributed by atoms with Crippen LogP contribution in [0.5, 0.6) is 5.75 Å². The lowest BCUT2D eigenvalue weighted by atomic mass is 9.80. The maximum absolute atomic E-state index is 7.18. The predicted octanol–water partition coefficient (Wildman–Crippen LogP) is 16.7. The summed E-state index contributed by atoms with van der Waals surface area (Å²) in [5.41, 5.74) is 13.4. The van der Waals surface area contributed by atoms with Gasteiger partial charge in [0.15, 0.2) is 0 Å². The van der Waals surface area contributed by atoms with E-state index in [1.807, 2.05) is 0 Å². The molecule has 67 heavy (non-hydrogen) atoms. The van der Waals surface area contributed by atoms with E-state index in [0.717, 1.165) is 5.75 Å². The number of aromatic nitrogens is 2. The van der Waals surface area contributed by atoms with Gasteiger partial charge in [-0.15, -0.1) is 0 Å². The molecule has 13 aromatic rings. The molecule has 312 valence electrons. The van der Waals surface area contributed by atoms with Crippen molar-refractivity contribution in [2.75, 3.05) is 0 Å². The Bertz CT molecular complexity index is 4110. The first kappa shape index (κ1) is 36.7. The van der Waals surface area contributed by atoms with Gasteiger partial charge in [-0.25, -0.2) is 0 Å². The molecule has 0 saturated heterocycles. The molecule has 2 unspecified atom stereocenters. The van der Waals surface area contributed by atoms with E-state index in [4.69, 9.17) is 4.74 Å². The molecule has 3 heteroatoms. The summed E-state index contributed by atoms with van der Waals surface area (Å²) in [6.45, 7) is 0. The number of rotatable bonds is 4. The van der Waals surface area contributed by atoms with Crippen molar-refractivity contribution < 1.29 is 4.74 Å². The average Bonchev–Trinajstić information content (AvgIpc) is 4.05. The Morgan fingerprint density at radius 2 is 0.701 bits per heavy atom. The minimum Gasteiger partial charge on any atom is -0.484 e. The highest BCUT2D eigenvalue weighted by molar-refractivity contribution is 6.22. The Morgan fingerprint density at radius 1 is 0.343 bits per heavy atom. The molecule has 0 saturated carbocycles. The number of fused-ring (bicyclic) bond motifs is 13. The van der Waals surface area contributed by atoms with Gasteiger partial charge in [0, 0.05) is 60.1 Å². The third-order valence-corrected chi connectivity index (χ3v) is 14.8. The van der Waals surface area contributed by atoms with Crippen LogP contribution in [0.4, 0.5) is 0 Å². The van der Waals surface area contributed by atoms with Crippen LogP contribution < -0.4 is 4.74 Å². The van der Waals surface area contributed by atoms with Crippen LogP contribution in [0, 0.1) is 0 Å². The largest absolute Gasteiger partial charge is 0.484 e. The Morgan fingerprint density at radius 3 is 1.12 bits per heavy atom. The van der Waals surface area contributed by atoms with Crippen molar-refractivity contribution in [1.29, 1.82) is 0 Å². The monoisotopic (exact) mass is 852 g/mol. The van der Waals surface area contributed by atoms with Crippen LogP contribution >= 0.6 is 0 Å².